The average Bonchev–Trinajstić information content (AvgIpc) is 2.58. The Bertz CT molecular complexity index is 414. The molecule has 0 aromatic heterocycles. The van der Waals surface area contributed by atoms with Crippen LogP contribution in [0.3, 0.4) is 0 Å². The highest BCUT2D eigenvalue weighted by atomic mass is 32.2. The second-order valence-corrected chi connectivity index (χ2v) is 5.87. The van der Waals surface area contributed by atoms with Crippen LogP contribution in [0.4, 0.5) is 0 Å². The lowest BCUT2D eigenvalue weighted by molar-refractivity contribution is -0.141. The molecule has 0 spiro atoms. The first-order valence-electron chi connectivity index (χ1n) is 5.55. The molecule has 2 rings (SSSR count). The average molecular weight is 236 g/mol. The van der Waals surface area contributed by atoms with Gasteiger partial charge < -0.3 is 5.11 Å². The van der Waals surface area contributed by atoms with Gasteiger partial charge in [0.15, 0.2) is 0 Å². The zero-order valence-electron chi connectivity index (χ0n) is 9.56. The van der Waals surface area contributed by atoms with Crippen molar-refractivity contribution in [2.24, 2.45) is 5.92 Å². The molecule has 0 fully saturated rings. The Morgan fingerprint density at radius 1 is 1.62 bits per heavy atom. The Hall–Kier alpha value is -0.960. The van der Waals surface area contributed by atoms with Gasteiger partial charge in [-0.25, -0.2) is 0 Å². The summed E-state index contributed by atoms with van der Waals surface area (Å²) >= 11 is 1.83. The number of rotatable bonds is 3. The van der Waals surface area contributed by atoms with Gasteiger partial charge in [0.25, 0.3) is 0 Å². The fourth-order valence-corrected chi connectivity index (χ4v) is 3.52. The van der Waals surface area contributed by atoms with Crippen LogP contribution in [0, 0.1) is 12.8 Å². The molecule has 86 valence electrons. The molecule has 0 aliphatic carbocycles. The van der Waals surface area contributed by atoms with Crippen molar-refractivity contribution in [3.8, 4) is 0 Å². The minimum atomic E-state index is -0.687. The number of carboxylic acid groups (broad SMARTS) is 1. The van der Waals surface area contributed by atoms with Gasteiger partial charge in [-0.3, -0.25) is 4.79 Å². The van der Waals surface area contributed by atoms with Crippen molar-refractivity contribution in [3.63, 3.8) is 0 Å². The number of benzene rings is 1. The number of aryl methyl sites for hydroxylation is 1. The summed E-state index contributed by atoms with van der Waals surface area (Å²) in [7, 11) is 0. The molecular weight excluding hydrogens is 220 g/mol. The molecule has 2 unspecified atom stereocenters. The number of hydrogen-bond acceptors (Lipinski definition) is 2. The van der Waals surface area contributed by atoms with E-state index in [1.165, 1.54) is 16.0 Å². The van der Waals surface area contributed by atoms with Crippen LogP contribution in [-0.2, 0) is 11.2 Å². The van der Waals surface area contributed by atoms with Crippen LogP contribution >= 0.6 is 11.8 Å². The van der Waals surface area contributed by atoms with E-state index < -0.39 is 5.97 Å². The number of carboxylic acids is 1. The van der Waals surface area contributed by atoms with Gasteiger partial charge in [-0.1, -0.05) is 24.6 Å². The van der Waals surface area contributed by atoms with Crippen LogP contribution < -0.4 is 0 Å². The zero-order valence-corrected chi connectivity index (χ0v) is 10.4. The van der Waals surface area contributed by atoms with Gasteiger partial charge >= 0.3 is 5.97 Å². The molecular formula is C13H16O2S. The molecule has 0 saturated carbocycles. The fourth-order valence-electron chi connectivity index (χ4n) is 2.08. The maximum atomic E-state index is 10.8. The minimum absolute atomic E-state index is 0.243. The van der Waals surface area contributed by atoms with Crippen molar-refractivity contribution in [2.45, 2.75) is 36.8 Å². The molecule has 1 aliphatic heterocycles. The second kappa shape index (κ2) is 4.50. The molecule has 0 bridgehead atoms. The van der Waals surface area contributed by atoms with E-state index in [9.17, 15) is 4.79 Å². The molecule has 1 aliphatic rings. The highest BCUT2D eigenvalue weighted by Gasteiger charge is 2.25. The predicted molar refractivity (Wildman–Crippen MR) is 65.9 cm³/mol. The molecule has 1 heterocycles. The maximum absolute atomic E-state index is 10.8. The second-order valence-electron chi connectivity index (χ2n) is 4.53. The summed E-state index contributed by atoms with van der Waals surface area (Å²) in [5, 5.41) is 9.33. The summed E-state index contributed by atoms with van der Waals surface area (Å²) in [5.74, 6) is -0.930. The number of thioether (sulfide) groups is 1. The molecule has 1 N–H and O–H groups in total. The normalized spacial score (nSPS) is 20.5. The van der Waals surface area contributed by atoms with Gasteiger partial charge in [-0.2, -0.15) is 0 Å². The van der Waals surface area contributed by atoms with Gasteiger partial charge in [0.05, 0.1) is 5.92 Å². The molecule has 0 amide bonds. The first-order valence-corrected chi connectivity index (χ1v) is 6.43. The fraction of sp³-hybridized carbons (Fsp3) is 0.462. The summed E-state index contributed by atoms with van der Waals surface area (Å²) in [5.41, 5.74) is 2.67. The molecule has 1 aromatic carbocycles. The van der Waals surface area contributed by atoms with E-state index in [1.807, 2.05) is 11.8 Å². The van der Waals surface area contributed by atoms with E-state index in [4.69, 9.17) is 5.11 Å². The Labute approximate surface area is 100 Å². The predicted octanol–water partition coefficient (Wildman–Crippen LogP) is 3.12. The molecule has 16 heavy (non-hydrogen) atoms. The van der Waals surface area contributed by atoms with Crippen molar-refractivity contribution in [1.82, 2.24) is 0 Å². The first-order chi connectivity index (χ1) is 7.56. The maximum Gasteiger partial charge on any atom is 0.306 e. The van der Waals surface area contributed by atoms with Gasteiger partial charge in [0.2, 0.25) is 0 Å². The van der Waals surface area contributed by atoms with Gasteiger partial charge in [-0.05, 0) is 31.4 Å². The van der Waals surface area contributed by atoms with E-state index in [1.54, 1.807) is 6.92 Å². The van der Waals surface area contributed by atoms with Crippen LogP contribution in [-0.4, -0.2) is 16.3 Å². The molecule has 0 radical (unpaired) electrons. The zero-order chi connectivity index (χ0) is 11.7. The number of carbonyl (C=O) groups is 1. The summed E-state index contributed by atoms with van der Waals surface area (Å²) < 4.78 is 0. The van der Waals surface area contributed by atoms with Crippen LogP contribution in [0.2, 0.25) is 0 Å². The van der Waals surface area contributed by atoms with E-state index >= 15 is 0 Å². The van der Waals surface area contributed by atoms with Crippen molar-refractivity contribution in [3.05, 3.63) is 29.3 Å². The highest BCUT2D eigenvalue weighted by molar-refractivity contribution is 8.00. The Kier molecular flexibility index (Phi) is 3.24. The van der Waals surface area contributed by atoms with Gasteiger partial charge in [0.1, 0.15) is 0 Å². The van der Waals surface area contributed by atoms with E-state index in [0.29, 0.717) is 5.25 Å². The highest BCUT2D eigenvalue weighted by Crippen LogP contribution is 2.40. The Morgan fingerprint density at radius 3 is 3.06 bits per heavy atom. The summed E-state index contributed by atoms with van der Waals surface area (Å²) in [4.78, 5) is 12.1. The SMILES string of the molecule is Cc1ccc2c(c1)CC(CC(C)C(=O)O)S2. The van der Waals surface area contributed by atoms with E-state index in [0.717, 1.165) is 12.8 Å². The largest absolute Gasteiger partial charge is 0.481 e. The Balaban J connectivity index is 2.03. The van der Waals surface area contributed by atoms with Crippen molar-refractivity contribution in [2.75, 3.05) is 0 Å². The number of aliphatic carboxylic acids is 1. The lowest BCUT2D eigenvalue weighted by Gasteiger charge is -2.11. The molecule has 1 aromatic rings. The van der Waals surface area contributed by atoms with Crippen LogP contribution in [0.5, 0.6) is 0 Å². The molecule has 2 nitrogen and oxygen atoms in total. The summed E-state index contributed by atoms with van der Waals surface area (Å²) in [6.07, 6.45) is 1.77. The number of fused-ring (bicyclic) bond motifs is 1. The topological polar surface area (TPSA) is 37.3 Å². The van der Waals surface area contributed by atoms with E-state index in [2.05, 4.69) is 25.1 Å². The third-order valence-electron chi connectivity index (χ3n) is 3.00. The Morgan fingerprint density at radius 2 is 2.38 bits per heavy atom. The quantitative estimate of drug-likeness (QED) is 0.876. The standard InChI is InChI=1S/C13H16O2S/c1-8-3-4-12-10(5-8)7-11(16-12)6-9(2)13(14)15/h3-5,9,11H,6-7H2,1-2H3,(H,14,15). The van der Waals surface area contributed by atoms with Crippen molar-refractivity contribution < 1.29 is 9.90 Å². The summed E-state index contributed by atoms with van der Waals surface area (Å²) in [6, 6.07) is 6.49. The third kappa shape index (κ3) is 2.40. The lowest BCUT2D eigenvalue weighted by atomic mass is 10.0. The van der Waals surface area contributed by atoms with Crippen molar-refractivity contribution >= 4 is 17.7 Å². The first kappa shape index (κ1) is 11.5. The minimum Gasteiger partial charge on any atom is -0.481 e. The molecule has 0 saturated heterocycles. The smallest absolute Gasteiger partial charge is 0.306 e. The molecule has 3 heteroatoms. The number of hydrogen-bond donors (Lipinski definition) is 1. The summed E-state index contributed by atoms with van der Waals surface area (Å²) in [6.45, 7) is 3.88. The van der Waals surface area contributed by atoms with Crippen LogP contribution in [0.1, 0.15) is 24.5 Å². The van der Waals surface area contributed by atoms with Crippen LogP contribution in [0.25, 0.3) is 0 Å². The van der Waals surface area contributed by atoms with Gasteiger partial charge in [-0.15, -0.1) is 11.8 Å². The third-order valence-corrected chi connectivity index (χ3v) is 4.34. The lowest BCUT2D eigenvalue weighted by Crippen LogP contribution is -2.15. The van der Waals surface area contributed by atoms with Crippen LogP contribution in [0.15, 0.2) is 23.1 Å². The van der Waals surface area contributed by atoms with Gasteiger partial charge in [0, 0.05) is 10.1 Å². The van der Waals surface area contributed by atoms with Crippen molar-refractivity contribution in [1.29, 1.82) is 0 Å². The monoisotopic (exact) mass is 236 g/mol. The molecule has 2 atom stereocenters. The van der Waals surface area contributed by atoms with E-state index in [-0.39, 0.29) is 5.92 Å².